The van der Waals surface area contributed by atoms with Crippen molar-refractivity contribution in [2.24, 2.45) is 17.8 Å². The van der Waals surface area contributed by atoms with Crippen molar-refractivity contribution < 1.29 is 27.9 Å². The van der Waals surface area contributed by atoms with E-state index in [4.69, 9.17) is 0 Å². The topological polar surface area (TPSA) is 133 Å². The van der Waals surface area contributed by atoms with Crippen LogP contribution in [0.1, 0.15) is 33.6 Å². The van der Waals surface area contributed by atoms with Crippen LogP contribution in [0, 0.1) is 17.8 Å². The van der Waals surface area contributed by atoms with Crippen molar-refractivity contribution in [3.8, 4) is 0 Å². The molecule has 0 radical (unpaired) electrons. The predicted octanol–water partition coefficient (Wildman–Crippen LogP) is 0.387. The van der Waals surface area contributed by atoms with Crippen molar-refractivity contribution in [3.05, 3.63) is 10.6 Å². The third-order valence-corrected chi connectivity index (χ3v) is 8.28. The maximum absolute atomic E-state index is 12.8. The van der Waals surface area contributed by atoms with E-state index in [0.29, 0.717) is 24.3 Å². The van der Waals surface area contributed by atoms with Crippen LogP contribution in [0.3, 0.4) is 0 Å². The Morgan fingerprint density at radius 1 is 1.40 bits per heavy atom. The number of carboxylic acid groups (broad SMARTS) is 1. The SMILES string of the molecule is CC(=O)C[C@H](C)[C@H]1C(=O)N2C(C(=O)O)=C(S[C@@H]3CN[C@H](CNS(C)(=O)=O)C3)[C@H](C)[C@H]12. The van der Waals surface area contributed by atoms with E-state index in [9.17, 15) is 27.9 Å². The van der Waals surface area contributed by atoms with Crippen LogP contribution in [0.25, 0.3) is 0 Å². The minimum Gasteiger partial charge on any atom is -0.477 e. The molecule has 168 valence electrons. The second-order valence-electron chi connectivity index (χ2n) is 8.62. The maximum Gasteiger partial charge on any atom is 0.353 e. The number of sulfonamides is 1. The molecule has 0 aromatic carbocycles. The molecule has 0 aromatic rings. The van der Waals surface area contributed by atoms with Crippen molar-refractivity contribution in [2.45, 2.75) is 50.9 Å². The van der Waals surface area contributed by atoms with Crippen LogP contribution in [0.2, 0.25) is 0 Å². The molecule has 1 amide bonds. The number of ketones is 1. The maximum atomic E-state index is 12.8. The summed E-state index contributed by atoms with van der Waals surface area (Å²) in [4.78, 5) is 38.4. The number of carbonyl (C=O) groups excluding carboxylic acids is 2. The highest BCUT2D eigenvalue weighted by Gasteiger charge is 2.60. The molecule has 2 fully saturated rings. The van der Waals surface area contributed by atoms with Crippen LogP contribution in [0.15, 0.2) is 10.6 Å². The zero-order valence-corrected chi connectivity index (χ0v) is 19.2. The third-order valence-electron chi connectivity index (χ3n) is 6.08. The molecule has 0 bridgehead atoms. The van der Waals surface area contributed by atoms with Gasteiger partial charge in [-0.3, -0.25) is 4.79 Å². The van der Waals surface area contributed by atoms with Gasteiger partial charge >= 0.3 is 5.97 Å². The van der Waals surface area contributed by atoms with E-state index in [0.717, 1.165) is 6.26 Å². The van der Waals surface area contributed by atoms with Crippen molar-refractivity contribution in [1.29, 1.82) is 0 Å². The number of rotatable bonds is 9. The summed E-state index contributed by atoms with van der Waals surface area (Å²) in [5.41, 5.74) is 0.0616. The predicted molar refractivity (Wildman–Crippen MR) is 113 cm³/mol. The van der Waals surface area contributed by atoms with E-state index in [2.05, 4.69) is 10.0 Å². The summed E-state index contributed by atoms with van der Waals surface area (Å²) >= 11 is 1.47. The van der Waals surface area contributed by atoms with Gasteiger partial charge in [-0.15, -0.1) is 11.8 Å². The summed E-state index contributed by atoms with van der Waals surface area (Å²) in [6.45, 7) is 6.24. The molecule has 0 saturated carbocycles. The van der Waals surface area contributed by atoms with Crippen LogP contribution < -0.4 is 10.0 Å². The van der Waals surface area contributed by atoms with E-state index in [1.165, 1.54) is 23.6 Å². The number of nitrogens with zero attached hydrogens (tertiary/aromatic N) is 1. The van der Waals surface area contributed by atoms with Gasteiger partial charge in [0.05, 0.1) is 18.2 Å². The Morgan fingerprint density at radius 3 is 2.63 bits per heavy atom. The zero-order chi connectivity index (χ0) is 22.4. The van der Waals surface area contributed by atoms with Crippen LogP contribution in [0.5, 0.6) is 0 Å². The Labute approximate surface area is 181 Å². The standard InChI is InChI=1S/C19H29N3O6S2/c1-9(5-10(2)23)14-15-11(3)17(16(19(25)26)22(15)18(14)24)29-13-6-12(20-8-13)7-21-30(4,27)28/h9,11-15,20-21H,5-8H2,1-4H3,(H,25,26)/t9-,11+,12-,13-,14+,15+/m0/s1. The van der Waals surface area contributed by atoms with Crippen LogP contribution in [-0.4, -0.2) is 72.8 Å². The molecule has 0 spiro atoms. The fraction of sp³-hybridized carbons (Fsp3) is 0.737. The van der Waals surface area contributed by atoms with Crippen LogP contribution >= 0.6 is 11.8 Å². The number of aliphatic carboxylic acids is 1. The molecule has 6 atom stereocenters. The van der Waals surface area contributed by atoms with Gasteiger partial charge in [0.2, 0.25) is 15.9 Å². The first-order valence-corrected chi connectivity index (χ1v) is 12.8. The average molecular weight is 460 g/mol. The van der Waals surface area contributed by atoms with Crippen molar-refractivity contribution in [1.82, 2.24) is 14.9 Å². The Hall–Kier alpha value is -1.43. The monoisotopic (exact) mass is 459 g/mol. The number of hydrogen-bond acceptors (Lipinski definition) is 7. The summed E-state index contributed by atoms with van der Waals surface area (Å²) in [5, 5.41) is 13.2. The van der Waals surface area contributed by atoms with Crippen LogP contribution in [0.4, 0.5) is 0 Å². The number of fused-ring (bicyclic) bond motifs is 1. The number of amides is 1. The number of thioether (sulfide) groups is 1. The van der Waals surface area contributed by atoms with Crippen LogP contribution in [-0.2, 0) is 24.4 Å². The smallest absolute Gasteiger partial charge is 0.353 e. The first-order chi connectivity index (χ1) is 13.9. The summed E-state index contributed by atoms with van der Waals surface area (Å²) in [5.74, 6) is -1.90. The Balaban J connectivity index is 1.71. The zero-order valence-electron chi connectivity index (χ0n) is 17.5. The van der Waals surface area contributed by atoms with Gasteiger partial charge in [-0.25, -0.2) is 17.9 Å². The van der Waals surface area contributed by atoms with Gasteiger partial charge in [0.25, 0.3) is 0 Å². The van der Waals surface area contributed by atoms with E-state index in [-0.39, 0.29) is 59.0 Å². The minimum absolute atomic E-state index is 0.0196. The van der Waals surface area contributed by atoms with Gasteiger partial charge in [-0.05, 0) is 19.3 Å². The van der Waals surface area contributed by atoms with Gasteiger partial charge in [-0.2, -0.15) is 0 Å². The molecular weight excluding hydrogens is 430 g/mol. The molecule has 3 heterocycles. The Bertz CT molecular complexity index is 887. The Morgan fingerprint density at radius 2 is 2.07 bits per heavy atom. The van der Waals surface area contributed by atoms with E-state index >= 15 is 0 Å². The highest BCUT2D eigenvalue weighted by Crippen LogP contribution is 2.53. The first kappa shape index (κ1) is 23.2. The van der Waals surface area contributed by atoms with Crippen molar-refractivity contribution in [3.63, 3.8) is 0 Å². The quantitative estimate of drug-likeness (QED) is 0.422. The number of carboxylic acids is 1. The van der Waals surface area contributed by atoms with Gasteiger partial charge < -0.3 is 20.1 Å². The van der Waals surface area contributed by atoms with Gasteiger partial charge in [-0.1, -0.05) is 13.8 Å². The fourth-order valence-electron chi connectivity index (χ4n) is 4.81. The molecule has 0 unspecified atom stereocenters. The third kappa shape index (κ3) is 4.58. The molecular formula is C19H29N3O6S2. The number of Topliss-reactive ketones (excluding diaryl/α,β-unsaturated/α-hetero) is 1. The molecule has 9 nitrogen and oxygen atoms in total. The molecule has 0 aromatic heterocycles. The lowest BCUT2D eigenvalue weighted by Gasteiger charge is -2.47. The minimum atomic E-state index is -3.27. The van der Waals surface area contributed by atoms with Gasteiger partial charge in [0.15, 0.2) is 0 Å². The molecule has 3 N–H and O–H groups in total. The normalized spacial score (nSPS) is 32.2. The van der Waals surface area contributed by atoms with E-state index in [1.54, 1.807) is 0 Å². The number of carbonyl (C=O) groups is 3. The number of β-lactam (4-membered cyclic amide) rings is 1. The van der Waals surface area contributed by atoms with Gasteiger partial charge in [0.1, 0.15) is 11.5 Å². The highest BCUT2D eigenvalue weighted by molar-refractivity contribution is 8.03. The second-order valence-corrected chi connectivity index (χ2v) is 11.8. The Kier molecular flexibility index (Phi) is 6.66. The number of nitrogens with one attached hydrogen (secondary N) is 2. The lowest BCUT2D eigenvalue weighted by atomic mass is 9.73. The number of hydrogen-bond donors (Lipinski definition) is 3. The molecule has 11 heteroatoms. The largest absolute Gasteiger partial charge is 0.477 e. The lowest BCUT2D eigenvalue weighted by Crippen LogP contribution is -2.62. The lowest BCUT2D eigenvalue weighted by molar-refractivity contribution is -0.160. The fourth-order valence-corrected chi connectivity index (χ4v) is 6.83. The summed E-state index contributed by atoms with van der Waals surface area (Å²) in [7, 11) is -3.27. The molecule has 3 rings (SSSR count). The van der Waals surface area contributed by atoms with E-state index < -0.39 is 16.0 Å². The molecule has 0 aliphatic carbocycles. The van der Waals surface area contributed by atoms with E-state index in [1.807, 2.05) is 13.8 Å². The summed E-state index contributed by atoms with van der Waals surface area (Å²) in [6.07, 6.45) is 2.11. The summed E-state index contributed by atoms with van der Waals surface area (Å²) < 4.78 is 25.1. The molecule has 3 aliphatic heterocycles. The first-order valence-electron chi connectivity index (χ1n) is 10.0. The second kappa shape index (κ2) is 8.60. The summed E-state index contributed by atoms with van der Waals surface area (Å²) in [6, 6.07) is -0.248. The highest BCUT2D eigenvalue weighted by atomic mass is 32.2. The molecule has 30 heavy (non-hydrogen) atoms. The van der Waals surface area contributed by atoms with Gasteiger partial charge in [0, 0.05) is 41.6 Å². The van der Waals surface area contributed by atoms with Crippen molar-refractivity contribution >= 4 is 39.4 Å². The average Bonchev–Trinajstić information content (AvgIpc) is 3.14. The van der Waals surface area contributed by atoms with Crippen molar-refractivity contribution in [2.75, 3.05) is 19.3 Å². The molecule has 2 saturated heterocycles. The molecule has 3 aliphatic rings.